The molecule has 0 aromatic heterocycles. The fourth-order valence-corrected chi connectivity index (χ4v) is 1.66. The SMILES string of the molecule is C/C(=C/C(=O)NCC(C)CCO)c1cccc(F)c1. The van der Waals surface area contributed by atoms with Crippen molar-refractivity contribution in [2.45, 2.75) is 20.3 Å². The molecule has 0 bridgehead atoms. The number of benzene rings is 1. The lowest BCUT2D eigenvalue weighted by atomic mass is 10.1. The summed E-state index contributed by atoms with van der Waals surface area (Å²) >= 11 is 0. The molecule has 0 aliphatic heterocycles. The average molecular weight is 265 g/mol. The zero-order valence-corrected chi connectivity index (χ0v) is 11.3. The van der Waals surface area contributed by atoms with Crippen molar-refractivity contribution >= 4 is 11.5 Å². The van der Waals surface area contributed by atoms with E-state index in [-0.39, 0.29) is 24.2 Å². The Bertz CT molecular complexity index is 457. The van der Waals surface area contributed by atoms with Gasteiger partial charge in [0.15, 0.2) is 0 Å². The lowest BCUT2D eigenvalue weighted by Crippen LogP contribution is -2.27. The first-order valence-corrected chi connectivity index (χ1v) is 6.36. The zero-order valence-electron chi connectivity index (χ0n) is 11.3. The van der Waals surface area contributed by atoms with Gasteiger partial charge in [0.05, 0.1) is 0 Å². The fraction of sp³-hybridized carbons (Fsp3) is 0.400. The van der Waals surface area contributed by atoms with Gasteiger partial charge in [-0.15, -0.1) is 0 Å². The maximum absolute atomic E-state index is 13.1. The summed E-state index contributed by atoms with van der Waals surface area (Å²) in [7, 11) is 0. The standard InChI is InChI=1S/C15H20FNO2/c1-11(6-7-18)10-17-15(19)8-12(2)13-4-3-5-14(16)9-13/h3-5,8-9,11,18H,6-7,10H2,1-2H3,(H,17,19)/b12-8-. The summed E-state index contributed by atoms with van der Waals surface area (Å²) < 4.78 is 13.1. The van der Waals surface area contributed by atoms with Crippen molar-refractivity contribution in [3.63, 3.8) is 0 Å². The maximum atomic E-state index is 13.1. The number of aliphatic hydroxyl groups excluding tert-OH is 1. The van der Waals surface area contributed by atoms with E-state index in [1.165, 1.54) is 18.2 Å². The number of hydrogen-bond acceptors (Lipinski definition) is 2. The Balaban J connectivity index is 2.56. The van der Waals surface area contributed by atoms with Gasteiger partial charge in [0.25, 0.3) is 0 Å². The number of carbonyl (C=O) groups is 1. The highest BCUT2D eigenvalue weighted by Gasteiger charge is 2.04. The van der Waals surface area contributed by atoms with Gasteiger partial charge in [-0.25, -0.2) is 4.39 Å². The highest BCUT2D eigenvalue weighted by atomic mass is 19.1. The second-order valence-electron chi connectivity index (χ2n) is 4.70. The fourth-order valence-electron chi connectivity index (χ4n) is 1.66. The summed E-state index contributed by atoms with van der Waals surface area (Å²) in [5, 5.41) is 11.5. The van der Waals surface area contributed by atoms with E-state index in [9.17, 15) is 9.18 Å². The molecule has 0 saturated heterocycles. The van der Waals surface area contributed by atoms with E-state index in [1.54, 1.807) is 19.1 Å². The second-order valence-corrected chi connectivity index (χ2v) is 4.70. The van der Waals surface area contributed by atoms with E-state index in [2.05, 4.69) is 5.32 Å². The van der Waals surface area contributed by atoms with Crippen molar-refractivity contribution < 1.29 is 14.3 Å². The normalized spacial score (nSPS) is 13.2. The van der Waals surface area contributed by atoms with Crippen LogP contribution in [0.2, 0.25) is 0 Å². The van der Waals surface area contributed by atoms with E-state index in [4.69, 9.17) is 5.11 Å². The second kappa shape index (κ2) is 7.69. The molecular formula is C15H20FNO2. The first-order valence-electron chi connectivity index (χ1n) is 6.36. The lowest BCUT2D eigenvalue weighted by Gasteiger charge is -2.10. The van der Waals surface area contributed by atoms with Crippen LogP contribution in [0.15, 0.2) is 30.3 Å². The van der Waals surface area contributed by atoms with E-state index in [0.717, 1.165) is 0 Å². The number of hydrogen-bond donors (Lipinski definition) is 2. The van der Waals surface area contributed by atoms with Crippen LogP contribution in [0.25, 0.3) is 5.57 Å². The Morgan fingerprint density at radius 3 is 2.89 bits per heavy atom. The first-order chi connectivity index (χ1) is 9.02. The Kier molecular flexibility index (Phi) is 6.22. The molecule has 1 atom stereocenters. The van der Waals surface area contributed by atoms with Gasteiger partial charge in [-0.2, -0.15) is 0 Å². The van der Waals surface area contributed by atoms with Crippen LogP contribution in [-0.2, 0) is 4.79 Å². The number of halogens is 1. The molecule has 2 N–H and O–H groups in total. The van der Waals surface area contributed by atoms with Crippen LogP contribution >= 0.6 is 0 Å². The minimum atomic E-state index is -0.317. The molecule has 4 heteroatoms. The highest BCUT2D eigenvalue weighted by molar-refractivity contribution is 5.94. The van der Waals surface area contributed by atoms with Crippen LogP contribution in [0.1, 0.15) is 25.8 Å². The van der Waals surface area contributed by atoms with Gasteiger partial charge in [0, 0.05) is 19.2 Å². The van der Waals surface area contributed by atoms with Gasteiger partial charge < -0.3 is 10.4 Å². The largest absolute Gasteiger partial charge is 0.396 e. The van der Waals surface area contributed by atoms with Gasteiger partial charge >= 0.3 is 0 Å². The summed E-state index contributed by atoms with van der Waals surface area (Å²) in [6.45, 7) is 4.37. The van der Waals surface area contributed by atoms with Gasteiger partial charge in [0.2, 0.25) is 5.91 Å². The lowest BCUT2D eigenvalue weighted by molar-refractivity contribution is -0.116. The van der Waals surface area contributed by atoms with E-state index in [0.29, 0.717) is 24.1 Å². The Morgan fingerprint density at radius 2 is 2.26 bits per heavy atom. The molecule has 3 nitrogen and oxygen atoms in total. The predicted molar refractivity (Wildman–Crippen MR) is 73.9 cm³/mol. The van der Waals surface area contributed by atoms with Crippen molar-refractivity contribution in [1.29, 1.82) is 0 Å². The minimum Gasteiger partial charge on any atom is -0.396 e. The molecule has 1 aromatic rings. The maximum Gasteiger partial charge on any atom is 0.244 e. The highest BCUT2D eigenvalue weighted by Crippen LogP contribution is 2.14. The molecule has 1 aromatic carbocycles. The smallest absolute Gasteiger partial charge is 0.244 e. The summed E-state index contributed by atoms with van der Waals surface area (Å²) in [4.78, 5) is 11.7. The Morgan fingerprint density at radius 1 is 1.53 bits per heavy atom. The van der Waals surface area contributed by atoms with Crippen LogP contribution in [0, 0.1) is 11.7 Å². The number of aliphatic hydroxyl groups is 1. The van der Waals surface area contributed by atoms with Gasteiger partial charge in [-0.05, 0) is 42.5 Å². The van der Waals surface area contributed by atoms with Crippen molar-refractivity contribution in [1.82, 2.24) is 5.32 Å². The van der Waals surface area contributed by atoms with E-state index in [1.807, 2.05) is 6.92 Å². The molecule has 0 radical (unpaired) electrons. The third-order valence-electron chi connectivity index (χ3n) is 2.87. The molecule has 0 aliphatic carbocycles. The summed E-state index contributed by atoms with van der Waals surface area (Å²) in [6, 6.07) is 6.14. The molecule has 0 aliphatic rings. The third-order valence-corrected chi connectivity index (χ3v) is 2.87. The number of allylic oxidation sites excluding steroid dienone is 1. The summed E-state index contributed by atoms with van der Waals surface area (Å²) in [5.74, 6) is -0.286. The number of amides is 1. The average Bonchev–Trinajstić information content (AvgIpc) is 2.36. The predicted octanol–water partition coefficient (Wildman–Crippen LogP) is 2.36. The number of nitrogens with one attached hydrogen (secondary N) is 1. The molecule has 0 spiro atoms. The number of carbonyl (C=O) groups excluding carboxylic acids is 1. The molecule has 0 saturated carbocycles. The first kappa shape index (κ1) is 15.4. The monoisotopic (exact) mass is 265 g/mol. The minimum absolute atomic E-state index is 0.120. The van der Waals surface area contributed by atoms with Gasteiger partial charge in [-0.1, -0.05) is 19.1 Å². The molecule has 1 rings (SSSR count). The van der Waals surface area contributed by atoms with Crippen molar-refractivity contribution in [3.05, 3.63) is 41.7 Å². The summed E-state index contributed by atoms with van der Waals surface area (Å²) in [5.41, 5.74) is 1.41. The quantitative estimate of drug-likeness (QED) is 0.776. The van der Waals surface area contributed by atoms with Gasteiger partial charge in [-0.3, -0.25) is 4.79 Å². The van der Waals surface area contributed by atoms with Crippen molar-refractivity contribution in [2.24, 2.45) is 5.92 Å². The van der Waals surface area contributed by atoms with Crippen molar-refractivity contribution in [3.8, 4) is 0 Å². The topological polar surface area (TPSA) is 49.3 Å². The van der Waals surface area contributed by atoms with Gasteiger partial charge in [0.1, 0.15) is 5.82 Å². The van der Waals surface area contributed by atoms with Crippen molar-refractivity contribution in [2.75, 3.05) is 13.2 Å². The Labute approximate surface area is 113 Å². The molecular weight excluding hydrogens is 245 g/mol. The Hall–Kier alpha value is -1.68. The zero-order chi connectivity index (χ0) is 14.3. The molecule has 19 heavy (non-hydrogen) atoms. The van der Waals surface area contributed by atoms with Crippen LogP contribution in [0.3, 0.4) is 0 Å². The van der Waals surface area contributed by atoms with Crippen LogP contribution in [0.5, 0.6) is 0 Å². The third kappa shape index (κ3) is 5.66. The van der Waals surface area contributed by atoms with Crippen LogP contribution < -0.4 is 5.32 Å². The molecule has 1 unspecified atom stereocenters. The molecule has 0 fully saturated rings. The molecule has 1 amide bonds. The van der Waals surface area contributed by atoms with Crippen LogP contribution in [0.4, 0.5) is 4.39 Å². The molecule has 104 valence electrons. The number of rotatable bonds is 6. The van der Waals surface area contributed by atoms with E-state index >= 15 is 0 Å². The summed E-state index contributed by atoms with van der Waals surface area (Å²) in [6.07, 6.45) is 2.12. The van der Waals surface area contributed by atoms with Crippen LogP contribution in [-0.4, -0.2) is 24.2 Å². The molecule has 0 heterocycles. The van der Waals surface area contributed by atoms with E-state index < -0.39 is 0 Å².